The Hall–Kier alpha value is -3.32. The lowest BCUT2D eigenvalue weighted by molar-refractivity contribution is 0.767. The first kappa shape index (κ1) is 19.2. The molecule has 1 atom stereocenters. The molecule has 7 rings (SSSR count). The van der Waals surface area contributed by atoms with Gasteiger partial charge in [0.2, 0.25) is 0 Å². The van der Waals surface area contributed by atoms with E-state index in [0.29, 0.717) is 5.92 Å². The highest BCUT2D eigenvalue weighted by Crippen LogP contribution is 2.39. The Morgan fingerprint density at radius 3 is 2.67 bits per heavy atom. The number of para-hydroxylation sites is 1. The standard InChI is InChI=1S/C32H29N/c1-20-18-28-29(30(20)27-16-5-10-22-12-7-17-33-32(22)27)19-23-11-6-14-25(23)31(28)26-15-4-9-21-8-2-3-13-24(21)26/h2-5,8-10,13-16,19-20,33H,6-7,11-12,17-18H2,1H3. The van der Waals surface area contributed by atoms with Crippen LogP contribution in [0.15, 0.2) is 66.7 Å². The Bertz CT molecular complexity index is 1550. The number of hydrogen-bond donors (Lipinski definition) is 1. The summed E-state index contributed by atoms with van der Waals surface area (Å²) in [5.74, 6) is 0.520. The van der Waals surface area contributed by atoms with E-state index in [-0.39, 0.29) is 0 Å². The predicted octanol–water partition coefficient (Wildman–Crippen LogP) is 5.98. The second-order valence-electron chi connectivity index (χ2n) is 10.0. The van der Waals surface area contributed by atoms with E-state index in [9.17, 15) is 0 Å². The van der Waals surface area contributed by atoms with Gasteiger partial charge in [-0.2, -0.15) is 0 Å². The monoisotopic (exact) mass is 427 g/mol. The maximum absolute atomic E-state index is 3.76. The maximum Gasteiger partial charge on any atom is 0.0449 e. The Balaban J connectivity index is 1.59. The van der Waals surface area contributed by atoms with E-state index in [0.717, 1.165) is 25.8 Å². The summed E-state index contributed by atoms with van der Waals surface area (Å²) in [6.07, 6.45) is 8.34. The number of benzene rings is 4. The Morgan fingerprint density at radius 1 is 0.848 bits per heavy atom. The molecule has 4 aromatic rings. The molecular formula is C32H29N. The van der Waals surface area contributed by atoms with Crippen molar-refractivity contribution in [2.24, 2.45) is 5.92 Å². The number of nitrogens with one attached hydrogen (secondary N) is 1. The molecule has 33 heavy (non-hydrogen) atoms. The molecule has 0 amide bonds. The van der Waals surface area contributed by atoms with E-state index in [2.05, 4.69) is 85.0 Å². The van der Waals surface area contributed by atoms with Crippen LogP contribution in [0.25, 0.3) is 33.5 Å². The molecule has 162 valence electrons. The van der Waals surface area contributed by atoms with Gasteiger partial charge in [0.25, 0.3) is 0 Å². The zero-order chi connectivity index (χ0) is 21.9. The molecule has 1 heterocycles. The van der Waals surface area contributed by atoms with E-state index in [1.807, 2.05) is 0 Å². The zero-order valence-corrected chi connectivity index (χ0v) is 19.2. The third-order valence-corrected chi connectivity index (χ3v) is 8.04. The summed E-state index contributed by atoms with van der Waals surface area (Å²) in [6, 6.07) is 25.2. The van der Waals surface area contributed by atoms with Crippen LogP contribution >= 0.6 is 0 Å². The summed E-state index contributed by atoms with van der Waals surface area (Å²) in [7, 11) is 0. The molecular weight excluding hydrogens is 398 g/mol. The minimum atomic E-state index is 0.520. The van der Waals surface area contributed by atoms with Gasteiger partial charge in [-0.05, 0) is 92.6 Å². The molecule has 1 N–H and O–H groups in total. The van der Waals surface area contributed by atoms with Gasteiger partial charge in [0, 0.05) is 17.8 Å². The summed E-state index contributed by atoms with van der Waals surface area (Å²) in [5.41, 5.74) is 11.8. The van der Waals surface area contributed by atoms with Crippen LogP contribution in [0, 0.1) is 5.92 Å². The maximum atomic E-state index is 3.76. The topological polar surface area (TPSA) is 12.0 Å². The summed E-state index contributed by atoms with van der Waals surface area (Å²) in [4.78, 5) is 0. The summed E-state index contributed by atoms with van der Waals surface area (Å²) < 4.78 is 0. The zero-order valence-electron chi connectivity index (χ0n) is 19.2. The molecule has 1 heteroatoms. The number of aryl methyl sites for hydroxylation is 2. The van der Waals surface area contributed by atoms with Crippen LogP contribution < -0.4 is 15.8 Å². The second kappa shape index (κ2) is 7.35. The van der Waals surface area contributed by atoms with Gasteiger partial charge in [-0.1, -0.05) is 79.7 Å². The molecule has 0 aromatic heterocycles. The second-order valence-corrected chi connectivity index (χ2v) is 10.0. The van der Waals surface area contributed by atoms with Crippen LogP contribution in [0.5, 0.6) is 0 Å². The highest BCUT2D eigenvalue weighted by molar-refractivity contribution is 5.98. The van der Waals surface area contributed by atoms with Crippen molar-refractivity contribution in [3.05, 3.63) is 99.4 Å². The van der Waals surface area contributed by atoms with Crippen LogP contribution in [0.4, 0.5) is 5.69 Å². The number of hydrogen-bond acceptors (Lipinski definition) is 1. The van der Waals surface area contributed by atoms with Gasteiger partial charge in [0.05, 0.1) is 0 Å². The fourth-order valence-electron chi connectivity index (χ4n) is 6.63. The number of fused-ring (bicyclic) bond motifs is 4. The van der Waals surface area contributed by atoms with Crippen LogP contribution in [0.1, 0.15) is 42.0 Å². The largest absolute Gasteiger partial charge is 0.384 e. The smallest absolute Gasteiger partial charge is 0.0449 e. The average Bonchev–Trinajstić information content (AvgIpc) is 3.45. The molecule has 0 saturated carbocycles. The van der Waals surface area contributed by atoms with Gasteiger partial charge in [0.15, 0.2) is 0 Å². The first-order valence-electron chi connectivity index (χ1n) is 12.5. The van der Waals surface area contributed by atoms with Crippen molar-refractivity contribution >= 4 is 28.1 Å². The Kier molecular flexibility index (Phi) is 4.27. The fraction of sp³-hybridized carbons (Fsp3) is 0.250. The molecule has 0 fully saturated rings. The lowest BCUT2D eigenvalue weighted by Crippen LogP contribution is -2.21. The average molecular weight is 428 g/mol. The third kappa shape index (κ3) is 2.85. The summed E-state index contributed by atoms with van der Waals surface area (Å²) in [6.45, 7) is 3.51. The molecule has 3 aliphatic rings. The molecule has 0 radical (unpaired) electrons. The molecule has 0 saturated heterocycles. The van der Waals surface area contributed by atoms with Gasteiger partial charge in [-0.25, -0.2) is 0 Å². The summed E-state index contributed by atoms with van der Waals surface area (Å²) >= 11 is 0. The lowest BCUT2D eigenvalue weighted by atomic mass is 9.90. The molecule has 0 bridgehead atoms. The van der Waals surface area contributed by atoms with Gasteiger partial charge in [-0.3, -0.25) is 0 Å². The minimum absolute atomic E-state index is 0.520. The summed E-state index contributed by atoms with van der Waals surface area (Å²) in [5, 5.41) is 9.45. The molecule has 1 aliphatic heterocycles. The van der Waals surface area contributed by atoms with Crippen LogP contribution in [0.2, 0.25) is 0 Å². The van der Waals surface area contributed by atoms with Crippen molar-refractivity contribution in [2.75, 3.05) is 11.9 Å². The van der Waals surface area contributed by atoms with Crippen molar-refractivity contribution in [2.45, 2.75) is 39.0 Å². The van der Waals surface area contributed by atoms with Crippen molar-refractivity contribution < 1.29 is 0 Å². The SMILES string of the molecule is CC1Cc2c(-c3cccc4ccccc34)c3c(cc2=C1c1cccc2c1NCCC2)CCC=3. The van der Waals surface area contributed by atoms with E-state index in [1.54, 1.807) is 11.1 Å². The predicted molar refractivity (Wildman–Crippen MR) is 140 cm³/mol. The van der Waals surface area contributed by atoms with Gasteiger partial charge in [0.1, 0.15) is 0 Å². The van der Waals surface area contributed by atoms with Crippen LogP contribution in [-0.4, -0.2) is 6.54 Å². The third-order valence-electron chi connectivity index (χ3n) is 8.04. The fourth-order valence-corrected chi connectivity index (χ4v) is 6.63. The first-order valence-corrected chi connectivity index (χ1v) is 12.5. The molecule has 0 spiro atoms. The van der Waals surface area contributed by atoms with Crippen molar-refractivity contribution in [3.63, 3.8) is 0 Å². The van der Waals surface area contributed by atoms with E-state index >= 15 is 0 Å². The molecule has 2 aliphatic carbocycles. The van der Waals surface area contributed by atoms with E-state index in [1.165, 1.54) is 67.6 Å². The number of rotatable bonds is 2. The van der Waals surface area contributed by atoms with Crippen molar-refractivity contribution in [1.29, 1.82) is 0 Å². The van der Waals surface area contributed by atoms with Gasteiger partial charge in [-0.15, -0.1) is 0 Å². The highest BCUT2D eigenvalue weighted by atomic mass is 14.9. The van der Waals surface area contributed by atoms with Crippen LogP contribution in [-0.2, 0) is 19.3 Å². The molecule has 1 unspecified atom stereocenters. The van der Waals surface area contributed by atoms with E-state index in [4.69, 9.17) is 0 Å². The quantitative estimate of drug-likeness (QED) is 0.415. The highest BCUT2D eigenvalue weighted by Gasteiger charge is 2.29. The van der Waals surface area contributed by atoms with Gasteiger partial charge < -0.3 is 5.32 Å². The first-order chi connectivity index (χ1) is 16.3. The normalized spacial score (nSPS) is 18.5. The van der Waals surface area contributed by atoms with Gasteiger partial charge >= 0.3 is 0 Å². The Labute approximate surface area is 195 Å². The lowest BCUT2D eigenvalue weighted by Gasteiger charge is -2.23. The van der Waals surface area contributed by atoms with Crippen molar-refractivity contribution in [1.82, 2.24) is 0 Å². The molecule has 4 aromatic carbocycles. The Morgan fingerprint density at radius 2 is 1.70 bits per heavy atom. The van der Waals surface area contributed by atoms with E-state index < -0.39 is 0 Å². The minimum Gasteiger partial charge on any atom is -0.384 e. The molecule has 1 nitrogen and oxygen atoms in total. The van der Waals surface area contributed by atoms with Crippen LogP contribution in [0.3, 0.4) is 0 Å². The van der Waals surface area contributed by atoms with Crippen molar-refractivity contribution in [3.8, 4) is 11.1 Å². The number of anilines is 1.